The zero-order valence-electron chi connectivity index (χ0n) is 9.11. The maximum Gasteiger partial charge on any atom is 0.354 e. The molecule has 86 valence electrons. The van der Waals surface area contributed by atoms with E-state index < -0.39 is 11.9 Å². The van der Waals surface area contributed by atoms with E-state index in [0.717, 1.165) is 0 Å². The van der Waals surface area contributed by atoms with Crippen molar-refractivity contribution in [3.8, 4) is 0 Å². The molecule has 1 heterocycles. The monoisotopic (exact) mass is 223 g/mol. The van der Waals surface area contributed by atoms with Gasteiger partial charge in [0.2, 0.25) is 0 Å². The van der Waals surface area contributed by atoms with Gasteiger partial charge < -0.3 is 9.72 Å². The topological polar surface area (TPSA) is 83.5 Å². The molecule has 1 amide bonds. The third-order valence-electron chi connectivity index (χ3n) is 1.74. The van der Waals surface area contributed by atoms with E-state index in [1.165, 1.54) is 6.92 Å². The third kappa shape index (κ3) is 3.23. The molecule has 0 radical (unpaired) electrons. The Kier molecular flexibility index (Phi) is 4.26. The quantitative estimate of drug-likeness (QED) is 0.447. The highest BCUT2D eigenvalue weighted by Crippen LogP contribution is 1.93. The second kappa shape index (κ2) is 5.69. The third-order valence-corrected chi connectivity index (χ3v) is 1.74. The lowest BCUT2D eigenvalue weighted by molar-refractivity contribution is -0.135. The minimum atomic E-state index is -0.547. The number of nitrogens with one attached hydrogen (secondary N) is 2. The molecule has 6 nitrogen and oxygen atoms in total. The van der Waals surface area contributed by atoms with E-state index >= 15 is 0 Å². The number of nitrogens with zero attached hydrogens (tertiary/aromatic N) is 1. The normalized spacial score (nSPS) is 11.0. The van der Waals surface area contributed by atoms with Gasteiger partial charge in [0, 0.05) is 6.20 Å². The summed E-state index contributed by atoms with van der Waals surface area (Å²) in [6, 6.07) is 3.29. The number of aromatic amines is 1. The lowest BCUT2D eigenvalue weighted by Crippen LogP contribution is -2.23. The Balaban J connectivity index is 2.53. The van der Waals surface area contributed by atoms with Crippen molar-refractivity contribution >= 4 is 17.6 Å². The predicted molar refractivity (Wildman–Crippen MR) is 58.0 cm³/mol. The summed E-state index contributed by atoms with van der Waals surface area (Å²) in [5.41, 5.74) is 2.72. The molecular formula is C10H13N3O3. The van der Waals surface area contributed by atoms with Gasteiger partial charge in [0.25, 0.3) is 5.91 Å². The van der Waals surface area contributed by atoms with Crippen molar-refractivity contribution < 1.29 is 14.3 Å². The van der Waals surface area contributed by atoms with Gasteiger partial charge in [0.05, 0.1) is 6.61 Å². The Hall–Kier alpha value is -2.11. The number of aromatic nitrogens is 1. The van der Waals surface area contributed by atoms with Crippen LogP contribution in [0, 0.1) is 0 Å². The lowest BCUT2D eigenvalue weighted by Gasteiger charge is -2.01. The zero-order chi connectivity index (χ0) is 12.0. The first-order valence-corrected chi connectivity index (χ1v) is 4.80. The van der Waals surface area contributed by atoms with Crippen LogP contribution in [0.15, 0.2) is 23.4 Å². The summed E-state index contributed by atoms with van der Waals surface area (Å²) >= 11 is 0. The molecule has 6 heteroatoms. The van der Waals surface area contributed by atoms with Crippen LogP contribution in [-0.2, 0) is 9.53 Å². The number of carbonyl (C=O) groups is 2. The van der Waals surface area contributed by atoms with E-state index in [0.29, 0.717) is 5.69 Å². The first kappa shape index (κ1) is 12.0. The molecule has 0 aromatic carbocycles. The summed E-state index contributed by atoms with van der Waals surface area (Å²) in [6.45, 7) is 3.44. The zero-order valence-corrected chi connectivity index (χ0v) is 9.11. The second-order valence-electron chi connectivity index (χ2n) is 2.94. The summed E-state index contributed by atoms with van der Waals surface area (Å²) in [7, 11) is 0. The lowest BCUT2D eigenvalue weighted by atomic mass is 10.4. The first-order valence-electron chi connectivity index (χ1n) is 4.80. The number of H-pyrrole nitrogens is 1. The van der Waals surface area contributed by atoms with Gasteiger partial charge in [0.1, 0.15) is 11.4 Å². The number of hydrogen-bond acceptors (Lipinski definition) is 4. The Morgan fingerprint density at radius 3 is 2.88 bits per heavy atom. The van der Waals surface area contributed by atoms with Crippen LogP contribution >= 0.6 is 0 Å². The van der Waals surface area contributed by atoms with Crippen molar-refractivity contribution in [3.05, 3.63) is 24.0 Å². The van der Waals surface area contributed by atoms with E-state index in [-0.39, 0.29) is 12.3 Å². The van der Waals surface area contributed by atoms with Gasteiger partial charge in [-0.1, -0.05) is 0 Å². The number of ether oxygens (including phenoxy) is 1. The fourth-order valence-corrected chi connectivity index (χ4v) is 0.948. The molecule has 0 saturated heterocycles. The van der Waals surface area contributed by atoms with Gasteiger partial charge in [-0.25, -0.2) is 10.2 Å². The minimum Gasteiger partial charge on any atom is -0.461 e. The summed E-state index contributed by atoms with van der Waals surface area (Å²) in [5, 5.41) is 3.62. The number of hydrogen-bond donors (Lipinski definition) is 2. The highest BCUT2D eigenvalue weighted by molar-refractivity contribution is 6.35. The molecular weight excluding hydrogens is 210 g/mol. The molecule has 2 N–H and O–H groups in total. The fourth-order valence-electron chi connectivity index (χ4n) is 0.948. The Labute approximate surface area is 92.7 Å². The highest BCUT2D eigenvalue weighted by atomic mass is 16.5. The molecule has 16 heavy (non-hydrogen) atoms. The maximum atomic E-state index is 11.4. The highest BCUT2D eigenvalue weighted by Gasteiger charge is 2.08. The van der Waals surface area contributed by atoms with Gasteiger partial charge in [-0.2, -0.15) is 5.10 Å². The number of rotatable bonds is 4. The van der Waals surface area contributed by atoms with Crippen LogP contribution in [0.5, 0.6) is 0 Å². The number of esters is 1. The van der Waals surface area contributed by atoms with E-state index in [1.54, 1.807) is 25.3 Å². The van der Waals surface area contributed by atoms with Crippen LogP contribution in [0.2, 0.25) is 0 Å². The molecule has 0 bridgehead atoms. The number of amides is 1. The van der Waals surface area contributed by atoms with Crippen LogP contribution in [0.3, 0.4) is 0 Å². The largest absolute Gasteiger partial charge is 0.461 e. The molecule has 0 spiro atoms. The van der Waals surface area contributed by atoms with Crippen molar-refractivity contribution in [2.75, 3.05) is 6.61 Å². The van der Waals surface area contributed by atoms with Crippen LogP contribution in [0.4, 0.5) is 0 Å². The van der Waals surface area contributed by atoms with Crippen molar-refractivity contribution in [2.24, 2.45) is 5.10 Å². The van der Waals surface area contributed by atoms with Crippen LogP contribution in [0.1, 0.15) is 24.3 Å². The van der Waals surface area contributed by atoms with Crippen LogP contribution in [-0.4, -0.2) is 29.2 Å². The van der Waals surface area contributed by atoms with Crippen LogP contribution < -0.4 is 5.43 Å². The van der Waals surface area contributed by atoms with Crippen molar-refractivity contribution in [3.63, 3.8) is 0 Å². The molecule has 0 unspecified atom stereocenters. The molecule has 0 aliphatic carbocycles. The SMILES string of the molecule is CCOC(=O)/C(C)=N/NC(=O)c1ccc[nH]1. The summed E-state index contributed by atoms with van der Waals surface area (Å²) in [4.78, 5) is 25.2. The molecule has 0 fully saturated rings. The number of carbonyl (C=O) groups excluding carboxylic acids is 2. The van der Waals surface area contributed by atoms with Gasteiger partial charge in [-0.3, -0.25) is 4.79 Å². The van der Waals surface area contributed by atoms with Gasteiger partial charge in [-0.15, -0.1) is 0 Å². The van der Waals surface area contributed by atoms with Gasteiger partial charge in [0.15, 0.2) is 0 Å². The predicted octanol–water partition coefficient (Wildman–Crippen LogP) is 0.683. The smallest absolute Gasteiger partial charge is 0.354 e. The average Bonchev–Trinajstić information content (AvgIpc) is 2.79. The summed E-state index contributed by atoms with van der Waals surface area (Å²) in [5.74, 6) is -0.956. The van der Waals surface area contributed by atoms with Crippen molar-refractivity contribution in [1.29, 1.82) is 0 Å². The van der Waals surface area contributed by atoms with Crippen molar-refractivity contribution in [1.82, 2.24) is 10.4 Å². The van der Waals surface area contributed by atoms with E-state index in [4.69, 9.17) is 4.74 Å². The Morgan fingerprint density at radius 2 is 2.31 bits per heavy atom. The molecule has 0 aliphatic rings. The van der Waals surface area contributed by atoms with Crippen molar-refractivity contribution in [2.45, 2.75) is 13.8 Å². The minimum absolute atomic E-state index is 0.0988. The summed E-state index contributed by atoms with van der Waals surface area (Å²) < 4.78 is 4.70. The second-order valence-corrected chi connectivity index (χ2v) is 2.94. The fraction of sp³-hybridized carbons (Fsp3) is 0.300. The van der Waals surface area contributed by atoms with Crippen LogP contribution in [0.25, 0.3) is 0 Å². The Morgan fingerprint density at radius 1 is 1.56 bits per heavy atom. The molecule has 1 rings (SSSR count). The molecule has 1 aromatic rings. The van der Waals surface area contributed by atoms with E-state index in [2.05, 4.69) is 15.5 Å². The molecule has 0 saturated carbocycles. The van der Waals surface area contributed by atoms with E-state index in [9.17, 15) is 9.59 Å². The standard InChI is InChI=1S/C10H13N3O3/c1-3-16-10(15)7(2)12-13-9(14)8-5-4-6-11-8/h4-6,11H,3H2,1-2H3,(H,13,14)/b12-7+. The molecule has 0 atom stereocenters. The average molecular weight is 223 g/mol. The Bertz CT molecular complexity index is 395. The van der Waals surface area contributed by atoms with E-state index in [1.807, 2.05) is 0 Å². The van der Waals surface area contributed by atoms with Gasteiger partial charge in [-0.05, 0) is 26.0 Å². The molecule has 1 aromatic heterocycles. The van der Waals surface area contributed by atoms with Gasteiger partial charge >= 0.3 is 5.97 Å². The number of hydrazone groups is 1. The maximum absolute atomic E-state index is 11.4. The molecule has 0 aliphatic heterocycles. The summed E-state index contributed by atoms with van der Waals surface area (Å²) in [6.07, 6.45) is 1.62. The first-order chi connectivity index (χ1) is 7.65.